The molecule has 7 heteroatoms. The predicted octanol–water partition coefficient (Wildman–Crippen LogP) is 5.34. The lowest BCUT2D eigenvalue weighted by Crippen LogP contribution is -2.14. The van der Waals surface area contributed by atoms with Crippen LogP contribution in [0.4, 0.5) is 11.4 Å². The number of carbonyl (C=O) groups excluding carboxylic acids is 1. The highest BCUT2D eigenvalue weighted by Crippen LogP contribution is 2.20. The van der Waals surface area contributed by atoms with Crippen molar-refractivity contribution in [3.05, 3.63) is 105 Å². The maximum atomic E-state index is 12.5. The topological polar surface area (TPSA) is 105 Å². The molecule has 0 unspecified atom stereocenters. The maximum Gasteiger partial charge on any atom is 0.269 e. The summed E-state index contributed by atoms with van der Waals surface area (Å²) in [6.07, 6.45) is 1.51. The number of non-ortho nitro benzene ring substituents is 1. The largest absolute Gasteiger partial charge is 0.489 e. The summed E-state index contributed by atoms with van der Waals surface area (Å²) in [5.74, 6) is 0.122. The number of nitro benzene ring substituents is 1. The number of hydrogen-bond acceptors (Lipinski definition) is 5. The molecule has 3 aromatic rings. The Kier molecular flexibility index (Phi) is 6.99. The molecule has 0 saturated carbocycles. The second-order valence-corrected chi connectivity index (χ2v) is 7.22. The lowest BCUT2D eigenvalue weighted by Gasteiger charge is -2.09. The minimum absolute atomic E-state index is 0.00970. The standard InChI is InChI=1S/C25H21N3O4/c1-17-3-12-24(18(2)13-17)27-25(29)21(15-26)14-19-6-10-23(11-7-19)32-16-20-4-8-22(9-5-20)28(30)31/h3-14H,16H2,1-2H3,(H,27,29)/b21-14+. The zero-order valence-corrected chi connectivity index (χ0v) is 17.7. The number of hydrogen-bond donors (Lipinski definition) is 1. The van der Waals surface area contributed by atoms with Crippen LogP contribution < -0.4 is 10.1 Å². The second kappa shape index (κ2) is 10.0. The van der Waals surface area contributed by atoms with E-state index < -0.39 is 10.8 Å². The number of ether oxygens (including phenoxy) is 1. The molecule has 7 nitrogen and oxygen atoms in total. The normalized spacial score (nSPS) is 10.8. The Morgan fingerprint density at radius 1 is 1.09 bits per heavy atom. The van der Waals surface area contributed by atoms with Gasteiger partial charge in [-0.15, -0.1) is 0 Å². The monoisotopic (exact) mass is 427 g/mol. The molecule has 0 fully saturated rings. The summed E-state index contributed by atoms with van der Waals surface area (Å²) >= 11 is 0. The molecule has 0 aliphatic heterocycles. The zero-order valence-electron chi connectivity index (χ0n) is 17.7. The van der Waals surface area contributed by atoms with Gasteiger partial charge in [0.1, 0.15) is 24.0 Å². The molecule has 0 aliphatic carbocycles. The molecular weight excluding hydrogens is 406 g/mol. The third-order valence-electron chi connectivity index (χ3n) is 4.74. The van der Waals surface area contributed by atoms with Crippen LogP contribution in [0.3, 0.4) is 0 Å². The highest BCUT2D eigenvalue weighted by molar-refractivity contribution is 6.09. The quantitative estimate of drug-likeness (QED) is 0.237. The first-order valence-electron chi connectivity index (χ1n) is 9.82. The Morgan fingerprint density at radius 3 is 2.38 bits per heavy atom. The lowest BCUT2D eigenvalue weighted by molar-refractivity contribution is -0.384. The molecule has 0 heterocycles. The van der Waals surface area contributed by atoms with Crippen molar-refractivity contribution in [2.24, 2.45) is 0 Å². The number of nitro groups is 1. The predicted molar refractivity (Wildman–Crippen MR) is 122 cm³/mol. The Balaban J connectivity index is 1.64. The minimum Gasteiger partial charge on any atom is -0.489 e. The van der Waals surface area contributed by atoms with Crippen LogP contribution in [-0.2, 0) is 11.4 Å². The number of nitrogens with one attached hydrogen (secondary N) is 1. The van der Waals surface area contributed by atoms with E-state index in [-0.39, 0.29) is 17.9 Å². The fraction of sp³-hybridized carbons (Fsp3) is 0.120. The first kappa shape index (κ1) is 22.2. The van der Waals surface area contributed by atoms with Gasteiger partial charge in [0, 0.05) is 17.8 Å². The molecular formula is C25H21N3O4. The molecule has 0 atom stereocenters. The summed E-state index contributed by atoms with van der Waals surface area (Å²) < 4.78 is 5.69. The van der Waals surface area contributed by atoms with Crippen LogP contribution in [0.25, 0.3) is 6.08 Å². The van der Waals surface area contributed by atoms with E-state index >= 15 is 0 Å². The summed E-state index contributed by atoms with van der Waals surface area (Å²) in [5, 5.41) is 22.9. The van der Waals surface area contributed by atoms with Gasteiger partial charge in [0.25, 0.3) is 11.6 Å². The van der Waals surface area contributed by atoms with E-state index in [1.54, 1.807) is 36.4 Å². The van der Waals surface area contributed by atoms with Crippen molar-refractivity contribution in [1.29, 1.82) is 5.26 Å². The van der Waals surface area contributed by atoms with Gasteiger partial charge in [-0.25, -0.2) is 0 Å². The molecule has 32 heavy (non-hydrogen) atoms. The van der Waals surface area contributed by atoms with Gasteiger partial charge in [0.05, 0.1) is 4.92 Å². The summed E-state index contributed by atoms with van der Waals surface area (Å²) in [7, 11) is 0. The summed E-state index contributed by atoms with van der Waals surface area (Å²) in [5.41, 5.74) is 4.17. The van der Waals surface area contributed by atoms with Gasteiger partial charge in [-0.3, -0.25) is 14.9 Å². The molecule has 0 radical (unpaired) electrons. The Labute approximate surface area is 185 Å². The van der Waals surface area contributed by atoms with Gasteiger partial charge in [-0.2, -0.15) is 5.26 Å². The summed E-state index contributed by atoms with van der Waals surface area (Å²) in [6, 6.07) is 20.7. The highest BCUT2D eigenvalue weighted by Gasteiger charge is 2.11. The smallest absolute Gasteiger partial charge is 0.269 e. The number of nitrogens with zero attached hydrogens (tertiary/aromatic N) is 2. The fourth-order valence-corrected chi connectivity index (χ4v) is 3.00. The Bertz CT molecular complexity index is 1210. The third kappa shape index (κ3) is 5.80. The minimum atomic E-state index is -0.474. The van der Waals surface area contributed by atoms with E-state index in [9.17, 15) is 20.2 Å². The van der Waals surface area contributed by atoms with Gasteiger partial charge in [0.2, 0.25) is 0 Å². The van der Waals surface area contributed by atoms with E-state index in [0.29, 0.717) is 17.0 Å². The number of aryl methyl sites for hydroxylation is 2. The van der Waals surface area contributed by atoms with Gasteiger partial charge in [0.15, 0.2) is 0 Å². The summed E-state index contributed by atoms with van der Waals surface area (Å²) in [6.45, 7) is 4.13. The Hall–Kier alpha value is -4.44. The molecule has 0 bridgehead atoms. The van der Waals surface area contributed by atoms with E-state index in [2.05, 4.69) is 5.32 Å². The van der Waals surface area contributed by atoms with Crippen LogP contribution in [-0.4, -0.2) is 10.8 Å². The Morgan fingerprint density at radius 2 is 1.78 bits per heavy atom. The zero-order chi connectivity index (χ0) is 23.1. The number of carbonyl (C=O) groups is 1. The van der Waals surface area contributed by atoms with E-state index in [0.717, 1.165) is 16.7 Å². The van der Waals surface area contributed by atoms with Crippen molar-refractivity contribution in [2.75, 3.05) is 5.32 Å². The fourth-order valence-electron chi connectivity index (χ4n) is 3.00. The molecule has 3 rings (SSSR count). The van der Waals surface area contributed by atoms with Crippen molar-refractivity contribution in [3.8, 4) is 11.8 Å². The molecule has 1 amide bonds. The average Bonchev–Trinajstić information content (AvgIpc) is 2.79. The molecule has 1 N–H and O–H groups in total. The van der Waals surface area contributed by atoms with Crippen LogP contribution in [0.5, 0.6) is 5.75 Å². The average molecular weight is 427 g/mol. The van der Waals surface area contributed by atoms with Crippen molar-refractivity contribution in [3.63, 3.8) is 0 Å². The second-order valence-electron chi connectivity index (χ2n) is 7.22. The third-order valence-corrected chi connectivity index (χ3v) is 4.74. The van der Waals surface area contributed by atoms with Gasteiger partial charge in [-0.05, 0) is 66.9 Å². The highest BCUT2D eigenvalue weighted by atomic mass is 16.6. The van der Waals surface area contributed by atoms with E-state index in [4.69, 9.17) is 4.74 Å². The van der Waals surface area contributed by atoms with Crippen LogP contribution in [0.1, 0.15) is 22.3 Å². The molecule has 0 aromatic heterocycles. The van der Waals surface area contributed by atoms with Crippen molar-refractivity contribution < 1.29 is 14.5 Å². The number of benzene rings is 3. The van der Waals surface area contributed by atoms with Gasteiger partial charge in [-0.1, -0.05) is 29.8 Å². The molecule has 3 aromatic carbocycles. The maximum absolute atomic E-state index is 12.5. The number of amides is 1. The van der Waals surface area contributed by atoms with Crippen molar-refractivity contribution in [2.45, 2.75) is 20.5 Å². The number of rotatable bonds is 7. The van der Waals surface area contributed by atoms with Crippen LogP contribution in [0.15, 0.2) is 72.3 Å². The number of anilines is 1. The van der Waals surface area contributed by atoms with Crippen LogP contribution in [0, 0.1) is 35.3 Å². The van der Waals surface area contributed by atoms with E-state index in [1.165, 1.54) is 18.2 Å². The lowest BCUT2D eigenvalue weighted by atomic mass is 10.1. The summed E-state index contributed by atoms with van der Waals surface area (Å²) in [4.78, 5) is 22.8. The molecule has 160 valence electrons. The van der Waals surface area contributed by atoms with Crippen LogP contribution >= 0.6 is 0 Å². The molecule has 0 spiro atoms. The first-order chi connectivity index (χ1) is 15.4. The molecule has 0 aliphatic rings. The van der Waals surface area contributed by atoms with Gasteiger partial charge >= 0.3 is 0 Å². The van der Waals surface area contributed by atoms with Crippen molar-refractivity contribution in [1.82, 2.24) is 0 Å². The molecule has 0 saturated heterocycles. The number of nitriles is 1. The van der Waals surface area contributed by atoms with Crippen LogP contribution in [0.2, 0.25) is 0 Å². The van der Waals surface area contributed by atoms with Gasteiger partial charge < -0.3 is 10.1 Å². The van der Waals surface area contributed by atoms with Crippen molar-refractivity contribution >= 4 is 23.4 Å². The SMILES string of the molecule is Cc1ccc(NC(=O)/C(C#N)=C/c2ccc(OCc3ccc([N+](=O)[O-])cc3)cc2)c(C)c1. The van der Waals surface area contributed by atoms with E-state index in [1.807, 2.05) is 38.1 Å². The first-order valence-corrected chi connectivity index (χ1v) is 9.82.